The number of carbonyl (C=O) groups is 6. The van der Waals surface area contributed by atoms with Crippen molar-refractivity contribution < 1.29 is 62.3 Å². The Balaban J connectivity index is 2.16. The number of hydrogen-bond donors (Lipinski definition) is 1. The van der Waals surface area contributed by atoms with Crippen LogP contribution < -0.4 is 0 Å². The molecule has 4 rings (SSSR count). The summed E-state index contributed by atoms with van der Waals surface area (Å²) in [6, 6.07) is 0. The van der Waals surface area contributed by atoms with Gasteiger partial charge in [0.1, 0.15) is 30.0 Å². The maximum atomic E-state index is 15.1. The summed E-state index contributed by atoms with van der Waals surface area (Å²) in [5.74, 6) is -5.87. The number of esters is 5. The molecule has 13 nitrogen and oxygen atoms in total. The van der Waals surface area contributed by atoms with Crippen molar-refractivity contribution in [2.45, 2.75) is 117 Å². The molecule has 0 aromatic rings. The van der Waals surface area contributed by atoms with Gasteiger partial charge in [0.05, 0.1) is 17.9 Å². The Kier molecular flexibility index (Phi) is 8.10. The fraction of sp³-hybridized carbons (Fsp3) is 0.733. The van der Waals surface area contributed by atoms with Gasteiger partial charge in [0.15, 0.2) is 17.5 Å². The summed E-state index contributed by atoms with van der Waals surface area (Å²) >= 11 is 0. The SMILES string of the molecule is CC(=O)O[C@H]1C(=O)[C@]2(C)[C@@H](OC(C)=O)C[C@H]3OC[C@@]3(OC(C)=O)[C@H]2[C@H](OC(C)=O)[C@]2(O)C[C@H](OC(C)=O)C(C)=C1C2(C)C. The van der Waals surface area contributed by atoms with E-state index in [2.05, 4.69) is 0 Å². The van der Waals surface area contributed by atoms with Crippen LogP contribution in [0.5, 0.6) is 0 Å². The largest absolute Gasteiger partial charge is 0.461 e. The van der Waals surface area contributed by atoms with E-state index in [1.807, 2.05) is 0 Å². The van der Waals surface area contributed by atoms with Gasteiger partial charge in [0.2, 0.25) is 0 Å². The molecular weight excluding hydrogens is 568 g/mol. The molecule has 2 bridgehead atoms. The van der Waals surface area contributed by atoms with E-state index in [0.29, 0.717) is 5.57 Å². The number of ether oxygens (including phenoxy) is 6. The topological polar surface area (TPSA) is 178 Å². The van der Waals surface area contributed by atoms with Gasteiger partial charge < -0.3 is 33.5 Å². The highest BCUT2D eigenvalue weighted by molar-refractivity contribution is 5.95. The molecule has 238 valence electrons. The summed E-state index contributed by atoms with van der Waals surface area (Å²) in [5, 5.41) is 12.9. The smallest absolute Gasteiger partial charge is 0.303 e. The third-order valence-electron chi connectivity index (χ3n) is 9.82. The van der Waals surface area contributed by atoms with Crippen LogP contribution in [0.15, 0.2) is 11.1 Å². The van der Waals surface area contributed by atoms with E-state index in [9.17, 15) is 29.1 Å². The van der Waals surface area contributed by atoms with Gasteiger partial charge in [0.25, 0.3) is 0 Å². The monoisotopic (exact) mass is 608 g/mol. The molecule has 0 amide bonds. The minimum absolute atomic E-state index is 0.0822. The van der Waals surface area contributed by atoms with Crippen molar-refractivity contribution in [1.29, 1.82) is 0 Å². The summed E-state index contributed by atoms with van der Waals surface area (Å²) in [7, 11) is 0. The maximum Gasteiger partial charge on any atom is 0.303 e. The van der Waals surface area contributed by atoms with Gasteiger partial charge in [-0.25, -0.2) is 0 Å². The first-order valence-electron chi connectivity index (χ1n) is 14.2. The second kappa shape index (κ2) is 10.7. The van der Waals surface area contributed by atoms with Crippen molar-refractivity contribution in [3.05, 3.63) is 11.1 Å². The lowest BCUT2D eigenvalue weighted by atomic mass is 9.44. The van der Waals surface area contributed by atoms with Gasteiger partial charge in [-0.15, -0.1) is 0 Å². The average Bonchev–Trinajstić information content (AvgIpc) is 2.84. The third kappa shape index (κ3) is 4.84. The zero-order valence-electron chi connectivity index (χ0n) is 25.9. The summed E-state index contributed by atoms with van der Waals surface area (Å²) in [6.07, 6.45) is -6.87. The summed E-state index contributed by atoms with van der Waals surface area (Å²) < 4.78 is 34.7. The van der Waals surface area contributed by atoms with Crippen molar-refractivity contribution >= 4 is 35.6 Å². The molecule has 1 N–H and O–H groups in total. The lowest BCUT2D eigenvalue weighted by Gasteiger charge is -2.67. The highest BCUT2D eigenvalue weighted by Crippen LogP contribution is 2.64. The Hall–Kier alpha value is -3.32. The molecule has 3 aliphatic carbocycles. The van der Waals surface area contributed by atoms with Gasteiger partial charge in [0, 0.05) is 52.9 Å². The molecule has 0 unspecified atom stereocenters. The predicted octanol–water partition coefficient (Wildman–Crippen LogP) is 1.50. The minimum atomic E-state index is -2.12. The van der Waals surface area contributed by atoms with Gasteiger partial charge in [-0.1, -0.05) is 13.8 Å². The van der Waals surface area contributed by atoms with Crippen LogP contribution in [0.3, 0.4) is 0 Å². The van der Waals surface area contributed by atoms with E-state index in [1.54, 1.807) is 20.8 Å². The van der Waals surface area contributed by atoms with E-state index in [1.165, 1.54) is 20.8 Å². The number of carbonyl (C=O) groups excluding carboxylic acids is 6. The standard InChI is InChI=1S/C30H40O13/c1-13-19(39-14(2)31)11-30(37)26(42-17(5)34)24-28(9,25(36)23(41-16(4)33)22(13)27(30,7)8)20(40-15(3)32)10-21-29(24,12-38-21)43-18(6)35/h19-21,23-24,26,37H,10-12H2,1-9H3/t19-,20-,21+,23+,24-,26-,28+,29-,30+/m0/s1. The molecule has 43 heavy (non-hydrogen) atoms. The zero-order chi connectivity index (χ0) is 32.4. The Morgan fingerprint density at radius 1 is 0.837 bits per heavy atom. The van der Waals surface area contributed by atoms with Crippen molar-refractivity contribution in [2.75, 3.05) is 6.61 Å². The summed E-state index contributed by atoms with van der Waals surface area (Å²) in [6.45, 7) is 11.8. The molecule has 13 heteroatoms. The van der Waals surface area contributed by atoms with Crippen LogP contribution in [0.4, 0.5) is 0 Å². The molecule has 1 heterocycles. The first kappa shape index (κ1) is 32.6. The van der Waals surface area contributed by atoms with Crippen molar-refractivity contribution in [3.63, 3.8) is 0 Å². The van der Waals surface area contributed by atoms with Crippen LogP contribution in [0.1, 0.15) is 75.2 Å². The van der Waals surface area contributed by atoms with Crippen LogP contribution in [-0.4, -0.2) is 89.1 Å². The van der Waals surface area contributed by atoms with Gasteiger partial charge in [-0.05, 0) is 25.0 Å². The van der Waals surface area contributed by atoms with E-state index in [0.717, 1.165) is 20.8 Å². The minimum Gasteiger partial charge on any atom is -0.461 e. The van der Waals surface area contributed by atoms with Gasteiger partial charge in [-0.3, -0.25) is 28.8 Å². The van der Waals surface area contributed by atoms with Crippen molar-refractivity contribution in [1.82, 2.24) is 0 Å². The highest BCUT2D eigenvalue weighted by atomic mass is 16.6. The fourth-order valence-electron chi connectivity index (χ4n) is 7.99. The Bertz CT molecular complexity index is 1300. The number of ketones is 1. The van der Waals surface area contributed by atoms with E-state index < -0.39 is 94.1 Å². The summed E-state index contributed by atoms with van der Waals surface area (Å²) in [5.41, 5.74) is -6.55. The Labute approximate surface area is 249 Å². The highest BCUT2D eigenvalue weighted by Gasteiger charge is 2.79. The third-order valence-corrected chi connectivity index (χ3v) is 9.82. The van der Waals surface area contributed by atoms with Crippen LogP contribution in [0, 0.1) is 16.7 Å². The molecular formula is C30H40O13. The summed E-state index contributed by atoms with van der Waals surface area (Å²) in [4.78, 5) is 77.6. The number of Topliss-reactive ketones (excluding diaryl/α,β-unsaturated/α-hetero) is 1. The second-order valence-electron chi connectivity index (χ2n) is 12.8. The number of hydrogen-bond acceptors (Lipinski definition) is 13. The second-order valence-corrected chi connectivity index (χ2v) is 12.8. The van der Waals surface area contributed by atoms with E-state index >= 15 is 4.79 Å². The Morgan fingerprint density at radius 3 is 1.86 bits per heavy atom. The molecule has 2 saturated carbocycles. The molecule has 0 radical (unpaired) electrons. The molecule has 9 atom stereocenters. The zero-order valence-corrected chi connectivity index (χ0v) is 25.9. The molecule has 0 spiro atoms. The number of aliphatic hydroxyl groups is 1. The van der Waals surface area contributed by atoms with Crippen LogP contribution in [0.2, 0.25) is 0 Å². The Morgan fingerprint density at radius 2 is 1.40 bits per heavy atom. The van der Waals surface area contributed by atoms with Crippen LogP contribution >= 0.6 is 0 Å². The molecule has 1 saturated heterocycles. The maximum absolute atomic E-state index is 15.1. The molecule has 3 fully saturated rings. The number of fused-ring (bicyclic) bond motifs is 5. The lowest BCUT2D eigenvalue weighted by Crippen LogP contribution is -2.82. The lowest BCUT2D eigenvalue weighted by molar-refractivity contribution is -0.347. The number of rotatable bonds is 5. The normalized spacial score (nSPS) is 39.4. The van der Waals surface area contributed by atoms with Crippen molar-refractivity contribution in [2.24, 2.45) is 16.7 Å². The molecule has 4 aliphatic rings. The average molecular weight is 609 g/mol. The molecule has 1 aliphatic heterocycles. The fourth-order valence-corrected chi connectivity index (χ4v) is 7.99. The first-order chi connectivity index (χ1) is 19.7. The van der Waals surface area contributed by atoms with Crippen molar-refractivity contribution in [3.8, 4) is 0 Å². The predicted molar refractivity (Wildman–Crippen MR) is 144 cm³/mol. The van der Waals surface area contributed by atoms with E-state index in [-0.39, 0.29) is 25.0 Å². The van der Waals surface area contributed by atoms with Crippen LogP contribution in [-0.2, 0) is 57.2 Å². The van der Waals surface area contributed by atoms with Gasteiger partial charge >= 0.3 is 29.8 Å². The first-order valence-corrected chi connectivity index (χ1v) is 14.2. The van der Waals surface area contributed by atoms with E-state index in [4.69, 9.17) is 28.4 Å². The molecule has 0 aromatic heterocycles. The van der Waals surface area contributed by atoms with Gasteiger partial charge in [-0.2, -0.15) is 0 Å². The molecule has 0 aromatic carbocycles. The quantitative estimate of drug-likeness (QED) is 0.270. The van der Waals surface area contributed by atoms with Crippen LogP contribution in [0.25, 0.3) is 0 Å².